The molecule has 0 saturated carbocycles. The second-order valence-electron chi connectivity index (χ2n) is 4.31. The van der Waals surface area contributed by atoms with Crippen LogP contribution in [0, 0.1) is 5.92 Å². The maximum atomic E-state index is 5.65. The summed E-state index contributed by atoms with van der Waals surface area (Å²) in [5.74, 6) is 3.59. The summed E-state index contributed by atoms with van der Waals surface area (Å²) >= 11 is 2.11. The van der Waals surface area contributed by atoms with Crippen LogP contribution in [0.2, 0.25) is 0 Å². The third-order valence-electron chi connectivity index (χ3n) is 3.01. The largest absolute Gasteiger partial charge is 0.326 e. The highest BCUT2D eigenvalue weighted by atomic mass is 32.2. The molecule has 1 nitrogen and oxygen atoms in total. The lowest BCUT2D eigenvalue weighted by atomic mass is 9.95. The van der Waals surface area contributed by atoms with Gasteiger partial charge in [0.15, 0.2) is 0 Å². The van der Waals surface area contributed by atoms with Gasteiger partial charge in [-0.2, -0.15) is 11.8 Å². The van der Waals surface area contributed by atoms with Crippen molar-refractivity contribution in [3.8, 4) is 0 Å². The third-order valence-corrected chi connectivity index (χ3v) is 4.29. The first-order valence-corrected chi connectivity index (χ1v) is 6.89. The quantitative estimate of drug-likeness (QED) is 0.849. The molecule has 2 N–H and O–H groups in total. The molecule has 0 amide bonds. The summed E-state index contributed by atoms with van der Waals surface area (Å²) in [5.41, 5.74) is 8.37. The molecule has 2 heteroatoms. The predicted octanol–water partition coefficient (Wildman–Crippen LogP) is 2.83. The first-order valence-electron chi connectivity index (χ1n) is 5.74. The Kier molecular flexibility index (Phi) is 4.09. The van der Waals surface area contributed by atoms with Crippen molar-refractivity contribution in [3.05, 3.63) is 35.4 Å². The fraction of sp³-hybridized carbons (Fsp3) is 0.538. The molecule has 1 aliphatic rings. The van der Waals surface area contributed by atoms with Gasteiger partial charge in [-0.1, -0.05) is 24.3 Å². The summed E-state index contributed by atoms with van der Waals surface area (Å²) in [7, 11) is 0. The molecule has 0 radical (unpaired) electrons. The van der Waals surface area contributed by atoms with Crippen molar-refractivity contribution < 1.29 is 0 Å². The highest BCUT2D eigenvalue weighted by Crippen LogP contribution is 2.25. The Balaban J connectivity index is 1.96. The van der Waals surface area contributed by atoms with E-state index in [-0.39, 0.29) is 0 Å². The first-order chi connectivity index (χ1) is 7.38. The zero-order chi connectivity index (χ0) is 10.5. The topological polar surface area (TPSA) is 26.0 Å². The van der Waals surface area contributed by atoms with Crippen LogP contribution in [-0.4, -0.2) is 11.5 Å². The number of hydrogen-bond donors (Lipinski definition) is 1. The minimum absolute atomic E-state index is 0.660. The predicted molar refractivity (Wildman–Crippen MR) is 68.1 cm³/mol. The van der Waals surface area contributed by atoms with E-state index in [1.807, 2.05) is 0 Å². The molecule has 2 rings (SSSR count). The fourth-order valence-corrected chi connectivity index (χ4v) is 3.34. The Hall–Kier alpha value is -0.470. The highest BCUT2D eigenvalue weighted by molar-refractivity contribution is 7.99. The molecule has 0 bridgehead atoms. The molecule has 1 aliphatic heterocycles. The Bertz CT molecular complexity index is 305. The summed E-state index contributed by atoms with van der Waals surface area (Å²) in [4.78, 5) is 0. The van der Waals surface area contributed by atoms with Crippen molar-refractivity contribution in [2.45, 2.75) is 25.8 Å². The van der Waals surface area contributed by atoms with E-state index in [0.29, 0.717) is 6.54 Å². The van der Waals surface area contributed by atoms with E-state index in [1.54, 1.807) is 0 Å². The average Bonchev–Trinajstić information content (AvgIpc) is 2.31. The van der Waals surface area contributed by atoms with Crippen molar-refractivity contribution in [2.24, 2.45) is 11.7 Å². The summed E-state index contributed by atoms with van der Waals surface area (Å²) in [6.45, 7) is 0.660. The van der Waals surface area contributed by atoms with E-state index in [0.717, 1.165) is 5.92 Å². The van der Waals surface area contributed by atoms with Gasteiger partial charge in [0.25, 0.3) is 0 Å². The lowest BCUT2D eigenvalue weighted by Gasteiger charge is -2.21. The minimum atomic E-state index is 0.660. The molecule has 0 aliphatic carbocycles. The van der Waals surface area contributed by atoms with E-state index in [2.05, 4.69) is 36.0 Å². The number of rotatable bonds is 3. The van der Waals surface area contributed by atoms with Crippen LogP contribution in [-0.2, 0) is 13.0 Å². The maximum absolute atomic E-state index is 5.65. The highest BCUT2D eigenvalue weighted by Gasteiger charge is 2.14. The summed E-state index contributed by atoms with van der Waals surface area (Å²) < 4.78 is 0. The van der Waals surface area contributed by atoms with Crippen molar-refractivity contribution in [1.82, 2.24) is 0 Å². The summed E-state index contributed by atoms with van der Waals surface area (Å²) in [5, 5.41) is 0. The molecule has 15 heavy (non-hydrogen) atoms. The van der Waals surface area contributed by atoms with Crippen molar-refractivity contribution in [1.29, 1.82) is 0 Å². The van der Waals surface area contributed by atoms with Crippen LogP contribution in [0.5, 0.6) is 0 Å². The average molecular weight is 221 g/mol. The standard InChI is InChI=1S/C13H19NS/c14-9-12-4-1-3-11(7-12)8-13-5-2-6-15-10-13/h1,3-4,7,13H,2,5-6,8-10,14H2. The monoisotopic (exact) mass is 221 g/mol. The third kappa shape index (κ3) is 3.25. The van der Waals surface area contributed by atoms with Crippen LogP contribution in [0.1, 0.15) is 24.0 Å². The maximum Gasteiger partial charge on any atom is 0.0178 e. The first kappa shape index (κ1) is 11.0. The molecule has 1 heterocycles. The zero-order valence-corrected chi connectivity index (χ0v) is 9.93. The molecule has 1 atom stereocenters. The van der Waals surface area contributed by atoms with E-state index in [4.69, 9.17) is 5.73 Å². The molecule has 1 saturated heterocycles. The Morgan fingerprint density at radius 1 is 1.33 bits per heavy atom. The molecule has 1 fully saturated rings. The van der Waals surface area contributed by atoms with Gasteiger partial charge in [0.05, 0.1) is 0 Å². The van der Waals surface area contributed by atoms with Gasteiger partial charge in [-0.05, 0) is 47.8 Å². The van der Waals surface area contributed by atoms with Crippen LogP contribution < -0.4 is 5.73 Å². The number of benzene rings is 1. The molecule has 1 aromatic rings. The molecular weight excluding hydrogens is 202 g/mol. The van der Waals surface area contributed by atoms with Gasteiger partial charge in [0.1, 0.15) is 0 Å². The Morgan fingerprint density at radius 2 is 2.20 bits per heavy atom. The summed E-state index contributed by atoms with van der Waals surface area (Å²) in [6.07, 6.45) is 4.03. The fourth-order valence-electron chi connectivity index (χ4n) is 2.19. The summed E-state index contributed by atoms with van der Waals surface area (Å²) in [6, 6.07) is 8.74. The van der Waals surface area contributed by atoms with Crippen molar-refractivity contribution in [3.63, 3.8) is 0 Å². The van der Waals surface area contributed by atoms with E-state index < -0.39 is 0 Å². The van der Waals surface area contributed by atoms with Gasteiger partial charge >= 0.3 is 0 Å². The Labute approximate surface area is 96.4 Å². The van der Waals surface area contributed by atoms with Gasteiger partial charge in [-0.15, -0.1) is 0 Å². The van der Waals surface area contributed by atoms with Gasteiger partial charge in [-0.25, -0.2) is 0 Å². The second kappa shape index (κ2) is 5.57. The van der Waals surface area contributed by atoms with Crippen LogP contribution in [0.15, 0.2) is 24.3 Å². The van der Waals surface area contributed by atoms with E-state index in [1.165, 1.54) is 41.9 Å². The van der Waals surface area contributed by atoms with Crippen molar-refractivity contribution >= 4 is 11.8 Å². The molecule has 1 unspecified atom stereocenters. The molecule has 0 aromatic heterocycles. The van der Waals surface area contributed by atoms with Gasteiger partial charge in [-0.3, -0.25) is 0 Å². The lowest BCUT2D eigenvalue weighted by Crippen LogP contribution is -2.13. The van der Waals surface area contributed by atoms with E-state index in [9.17, 15) is 0 Å². The minimum Gasteiger partial charge on any atom is -0.326 e. The van der Waals surface area contributed by atoms with E-state index >= 15 is 0 Å². The van der Waals surface area contributed by atoms with Gasteiger partial charge in [0, 0.05) is 6.54 Å². The number of nitrogens with two attached hydrogens (primary N) is 1. The number of thioether (sulfide) groups is 1. The lowest BCUT2D eigenvalue weighted by molar-refractivity contribution is 0.521. The van der Waals surface area contributed by atoms with Crippen LogP contribution in [0.3, 0.4) is 0 Å². The smallest absolute Gasteiger partial charge is 0.0178 e. The SMILES string of the molecule is NCc1cccc(CC2CCCSC2)c1. The Morgan fingerprint density at radius 3 is 2.93 bits per heavy atom. The molecule has 1 aromatic carbocycles. The zero-order valence-electron chi connectivity index (χ0n) is 9.11. The van der Waals surface area contributed by atoms with Crippen LogP contribution in [0.4, 0.5) is 0 Å². The molecule has 0 spiro atoms. The molecule has 82 valence electrons. The number of hydrogen-bond acceptors (Lipinski definition) is 2. The normalized spacial score (nSPS) is 21.5. The van der Waals surface area contributed by atoms with Crippen LogP contribution in [0.25, 0.3) is 0 Å². The molecular formula is C13H19NS. The van der Waals surface area contributed by atoms with Gasteiger partial charge in [0.2, 0.25) is 0 Å². The van der Waals surface area contributed by atoms with Gasteiger partial charge < -0.3 is 5.73 Å². The van der Waals surface area contributed by atoms with Crippen LogP contribution >= 0.6 is 11.8 Å². The second-order valence-corrected chi connectivity index (χ2v) is 5.46. The van der Waals surface area contributed by atoms with Crippen molar-refractivity contribution in [2.75, 3.05) is 11.5 Å².